The highest BCUT2D eigenvalue weighted by molar-refractivity contribution is 5.90. The monoisotopic (exact) mass is 319 g/mol. The quantitative estimate of drug-likeness (QED) is 0.655. The van der Waals surface area contributed by atoms with Crippen molar-refractivity contribution in [3.8, 4) is 0 Å². The number of aryl methyl sites for hydroxylation is 2. The number of amides is 2. The Morgan fingerprint density at radius 1 is 1.08 bits per heavy atom. The minimum atomic E-state index is -0.142. The van der Waals surface area contributed by atoms with Crippen molar-refractivity contribution in [3.05, 3.63) is 64.8 Å². The lowest BCUT2D eigenvalue weighted by atomic mass is 10.1. The summed E-state index contributed by atoms with van der Waals surface area (Å²) in [5.41, 5.74) is 6.99. The van der Waals surface area contributed by atoms with Crippen molar-refractivity contribution in [2.75, 3.05) is 5.32 Å². The van der Waals surface area contributed by atoms with Crippen molar-refractivity contribution in [1.82, 2.24) is 10.3 Å². The van der Waals surface area contributed by atoms with Crippen LogP contribution in [-0.2, 0) is 12.8 Å². The number of rotatable bonds is 2. The average Bonchev–Trinajstić information content (AvgIpc) is 3.04. The number of benzene rings is 2. The van der Waals surface area contributed by atoms with Gasteiger partial charge in [0, 0.05) is 34.7 Å². The van der Waals surface area contributed by atoms with Gasteiger partial charge < -0.3 is 15.6 Å². The van der Waals surface area contributed by atoms with E-state index in [2.05, 4.69) is 40.7 Å². The molecule has 4 heteroatoms. The van der Waals surface area contributed by atoms with Crippen LogP contribution in [0, 0.1) is 13.8 Å². The first-order valence-electron chi connectivity index (χ1n) is 8.33. The molecule has 1 unspecified atom stereocenters. The number of urea groups is 1. The van der Waals surface area contributed by atoms with Gasteiger partial charge in [0.05, 0.1) is 0 Å². The minimum Gasteiger partial charge on any atom is -0.358 e. The van der Waals surface area contributed by atoms with E-state index in [0.717, 1.165) is 24.1 Å². The molecule has 0 radical (unpaired) electrons. The fourth-order valence-electron chi connectivity index (χ4n) is 3.57. The number of carbonyl (C=O) groups is 1. The number of aromatic amines is 1. The van der Waals surface area contributed by atoms with Crippen LogP contribution >= 0.6 is 0 Å². The Hall–Kier alpha value is -2.75. The van der Waals surface area contributed by atoms with E-state index in [9.17, 15) is 4.79 Å². The van der Waals surface area contributed by atoms with Crippen molar-refractivity contribution >= 4 is 22.6 Å². The normalized spacial score (nSPS) is 16.2. The maximum absolute atomic E-state index is 12.2. The van der Waals surface area contributed by atoms with Gasteiger partial charge in [0.15, 0.2) is 0 Å². The Morgan fingerprint density at radius 3 is 2.75 bits per heavy atom. The fourth-order valence-corrected chi connectivity index (χ4v) is 3.57. The molecule has 1 heterocycles. The molecule has 1 aliphatic carbocycles. The third-order valence-electron chi connectivity index (χ3n) is 4.66. The molecule has 2 aromatic carbocycles. The molecular weight excluding hydrogens is 298 g/mol. The van der Waals surface area contributed by atoms with Gasteiger partial charge in [0.25, 0.3) is 0 Å². The molecule has 0 aliphatic heterocycles. The Morgan fingerprint density at radius 2 is 1.92 bits per heavy atom. The summed E-state index contributed by atoms with van der Waals surface area (Å²) >= 11 is 0. The maximum Gasteiger partial charge on any atom is 0.319 e. The first kappa shape index (κ1) is 14.8. The summed E-state index contributed by atoms with van der Waals surface area (Å²) in [6.45, 7) is 4.12. The minimum absolute atomic E-state index is 0.140. The first-order chi connectivity index (χ1) is 11.6. The summed E-state index contributed by atoms with van der Waals surface area (Å²) in [6.07, 6.45) is 1.73. The van der Waals surface area contributed by atoms with Crippen molar-refractivity contribution in [1.29, 1.82) is 0 Å². The lowest BCUT2D eigenvalue weighted by molar-refractivity contribution is 0.249. The first-order valence-corrected chi connectivity index (χ1v) is 8.33. The number of nitrogens with one attached hydrogen (secondary N) is 3. The molecule has 0 spiro atoms. The van der Waals surface area contributed by atoms with Gasteiger partial charge in [-0.3, -0.25) is 0 Å². The maximum atomic E-state index is 12.2. The zero-order valence-electron chi connectivity index (χ0n) is 13.9. The molecule has 4 nitrogen and oxygen atoms in total. The van der Waals surface area contributed by atoms with Crippen LogP contribution in [0.25, 0.3) is 10.9 Å². The van der Waals surface area contributed by atoms with Crippen LogP contribution in [0.1, 0.15) is 22.4 Å². The molecule has 24 heavy (non-hydrogen) atoms. The third-order valence-corrected chi connectivity index (χ3v) is 4.66. The van der Waals surface area contributed by atoms with Gasteiger partial charge in [-0.25, -0.2) is 4.79 Å². The summed E-state index contributed by atoms with van der Waals surface area (Å²) in [5.74, 6) is 0. The molecule has 2 amide bonds. The van der Waals surface area contributed by atoms with Gasteiger partial charge in [-0.1, -0.05) is 23.8 Å². The molecule has 122 valence electrons. The number of hydrogen-bond donors (Lipinski definition) is 3. The number of hydrogen-bond acceptors (Lipinski definition) is 1. The van der Waals surface area contributed by atoms with Crippen LogP contribution in [0.3, 0.4) is 0 Å². The molecule has 0 saturated heterocycles. The smallest absolute Gasteiger partial charge is 0.319 e. The van der Waals surface area contributed by atoms with Gasteiger partial charge >= 0.3 is 6.03 Å². The second-order valence-corrected chi connectivity index (χ2v) is 6.70. The molecule has 1 aliphatic rings. The van der Waals surface area contributed by atoms with Crippen LogP contribution in [0.5, 0.6) is 0 Å². The topological polar surface area (TPSA) is 56.9 Å². The second-order valence-electron chi connectivity index (χ2n) is 6.70. The molecule has 4 rings (SSSR count). The summed E-state index contributed by atoms with van der Waals surface area (Å²) in [4.78, 5) is 15.7. The molecule has 3 N–H and O–H groups in total. The molecule has 0 bridgehead atoms. The molecular formula is C20H21N3O. The predicted octanol–water partition coefficient (Wildman–Crippen LogP) is 4.07. The highest BCUT2D eigenvalue weighted by Gasteiger charge is 2.26. The van der Waals surface area contributed by atoms with E-state index in [1.54, 1.807) is 0 Å². The molecule has 0 saturated carbocycles. The predicted molar refractivity (Wildman–Crippen MR) is 97.6 cm³/mol. The highest BCUT2D eigenvalue weighted by atomic mass is 16.2. The summed E-state index contributed by atoms with van der Waals surface area (Å²) in [5, 5.41) is 7.29. The van der Waals surface area contributed by atoms with Gasteiger partial charge in [-0.05, 0) is 55.7 Å². The Labute approximate surface area is 141 Å². The van der Waals surface area contributed by atoms with Crippen LogP contribution in [0.15, 0.2) is 42.5 Å². The van der Waals surface area contributed by atoms with E-state index in [1.165, 1.54) is 27.7 Å². The standard InChI is InChI=1S/C20H21N3O/c1-12-4-3-5-14(8-12)21-20(24)22-15-10-17-16-9-13(2)6-7-18(16)23-19(17)11-15/h3-9,15,23H,10-11H2,1-2H3,(H2,21,22,24). The number of carbonyl (C=O) groups excluding carboxylic acids is 1. The lowest BCUT2D eigenvalue weighted by Crippen LogP contribution is -2.38. The second kappa shape index (κ2) is 5.71. The zero-order chi connectivity index (χ0) is 16.7. The van der Waals surface area contributed by atoms with E-state index >= 15 is 0 Å². The molecule has 0 fully saturated rings. The van der Waals surface area contributed by atoms with E-state index in [0.29, 0.717) is 0 Å². The van der Waals surface area contributed by atoms with Gasteiger partial charge in [0.1, 0.15) is 0 Å². The molecule has 3 aromatic rings. The summed E-state index contributed by atoms with van der Waals surface area (Å²) in [7, 11) is 0. The van der Waals surface area contributed by atoms with Crippen LogP contribution in [0.2, 0.25) is 0 Å². The van der Waals surface area contributed by atoms with Crippen molar-refractivity contribution in [2.24, 2.45) is 0 Å². The van der Waals surface area contributed by atoms with E-state index in [1.807, 2.05) is 31.2 Å². The third kappa shape index (κ3) is 2.75. The number of anilines is 1. The highest BCUT2D eigenvalue weighted by Crippen LogP contribution is 2.30. The van der Waals surface area contributed by atoms with Crippen LogP contribution in [-0.4, -0.2) is 17.1 Å². The number of H-pyrrole nitrogens is 1. The summed E-state index contributed by atoms with van der Waals surface area (Å²) < 4.78 is 0. The van der Waals surface area contributed by atoms with E-state index in [-0.39, 0.29) is 12.1 Å². The van der Waals surface area contributed by atoms with Crippen LogP contribution < -0.4 is 10.6 Å². The van der Waals surface area contributed by atoms with Crippen molar-refractivity contribution < 1.29 is 4.79 Å². The van der Waals surface area contributed by atoms with Crippen molar-refractivity contribution in [3.63, 3.8) is 0 Å². The fraction of sp³-hybridized carbons (Fsp3) is 0.250. The van der Waals surface area contributed by atoms with E-state index < -0.39 is 0 Å². The number of fused-ring (bicyclic) bond motifs is 3. The summed E-state index contributed by atoms with van der Waals surface area (Å²) in [6, 6.07) is 14.3. The SMILES string of the molecule is Cc1cccc(NC(=O)NC2Cc3[nH]c4ccc(C)cc4c3C2)c1. The zero-order valence-corrected chi connectivity index (χ0v) is 13.9. The van der Waals surface area contributed by atoms with E-state index in [4.69, 9.17) is 0 Å². The Balaban J connectivity index is 1.45. The number of aromatic nitrogens is 1. The van der Waals surface area contributed by atoms with Crippen molar-refractivity contribution in [2.45, 2.75) is 32.7 Å². The molecule has 1 aromatic heterocycles. The largest absolute Gasteiger partial charge is 0.358 e. The van der Waals surface area contributed by atoms with Gasteiger partial charge in [-0.15, -0.1) is 0 Å². The van der Waals surface area contributed by atoms with Crippen LogP contribution in [0.4, 0.5) is 10.5 Å². The van der Waals surface area contributed by atoms with Gasteiger partial charge in [-0.2, -0.15) is 0 Å². The lowest BCUT2D eigenvalue weighted by Gasteiger charge is -2.14. The Kier molecular flexibility index (Phi) is 3.53. The Bertz CT molecular complexity index is 926. The molecule has 1 atom stereocenters. The van der Waals surface area contributed by atoms with Gasteiger partial charge in [0.2, 0.25) is 0 Å². The average molecular weight is 319 g/mol.